The third-order valence-corrected chi connectivity index (χ3v) is 3.65. The summed E-state index contributed by atoms with van der Waals surface area (Å²) in [5.41, 5.74) is 1.13. The zero-order valence-corrected chi connectivity index (χ0v) is 10.1. The van der Waals surface area contributed by atoms with Crippen LogP contribution in [0.4, 0.5) is 0 Å². The van der Waals surface area contributed by atoms with Crippen molar-refractivity contribution in [3.05, 3.63) is 23.8 Å². The molecule has 0 aliphatic carbocycles. The molecule has 0 amide bonds. The molecule has 3 heteroatoms. The molecule has 82 valence electrons. The average molecular weight is 224 g/mol. The van der Waals surface area contributed by atoms with E-state index in [2.05, 4.69) is 26.0 Å². The van der Waals surface area contributed by atoms with Crippen LogP contribution in [0.3, 0.4) is 0 Å². The van der Waals surface area contributed by atoms with Crippen LogP contribution in [0.25, 0.3) is 0 Å². The van der Waals surface area contributed by atoms with E-state index in [1.807, 2.05) is 13.0 Å². The van der Waals surface area contributed by atoms with Gasteiger partial charge in [-0.3, -0.25) is 0 Å². The predicted molar refractivity (Wildman–Crippen MR) is 62.5 cm³/mol. The number of hydrogen-bond acceptors (Lipinski definition) is 3. The third-order valence-electron chi connectivity index (χ3n) is 2.52. The Kier molecular flexibility index (Phi) is 2.69. The minimum atomic E-state index is -0.163. The molecule has 0 bridgehead atoms. The second kappa shape index (κ2) is 3.72. The molecule has 1 aliphatic heterocycles. The number of hydrogen-bond donors (Lipinski definition) is 1. The monoisotopic (exact) mass is 224 g/mol. The molecule has 1 N–H and O–H groups in total. The van der Waals surface area contributed by atoms with Gasteiger partial charge in [-0.25, -0.2) is 0 Å². The molecular formula is C12H16O2S. The molecule has 1 unspecified atom stereocenters. The van der Waals surface area contributed by atoms with Gasteiger partial charge in [0.25, 0.3) is 0 Å². The van der Waals surface area contributed by atoms with E-state index < -0.39 is 0 Å². The lowest BCUT2D eigenvalue weighted by atomic mass is 10.0. The molecule has 0 spiro atoms. The first-order chi connectivity index (χ1) is 7.02. The van der Waals surface area contributed by atoms with Crippen LogP contribution in [-0.4, -0.2) is 16.6 Å². The molecule has 1 aliphatic rings. The Hall–Kier alpha value is -0.670. The van der Waals surface area contributed by atoms with Gasteiger partial charge >= 0.3 is 0 Å². The number of ether oxygens (including phenoxy) is 1. The molecule has 1 atom stereocenters. The summed E-state index contributed by atoms with van der Waals surface area (Å²) in [6.07, 6.45) is 0. The molecule has 0 radical (unpaired) electrons. The molecule has 0 aromatic heterocycles. The van der Waals surface area contributed by atoms with Gasteiger partial charge in [-0.1, -0.05) is 24.8 Å². The highest BCUT2D eigenvalue weighted by Gasteiger charge is 2.31. The predicted octanol–water partition coefficient (Wildman–Crippen LogP) is 3.00. The Balaban J connectivity index is 2.30. The van der Waals surface area contributed by atoms with Gasteiger partial charge in [0.05, 0.1) is 4.90 Å². The van der Waals surface area contributed by atoms with Gasteiger partial charge < -0.3 is 9.84 Å². The van der Waals surface area contributed by atoms with Gasteiger partial charge in [0.15, 0.2) is 4.93 Å². The van der Waals surface area contributed by atoms with Crippen molar-refractivity contribution in [2.75, 3.05) is 6.61 Å². The molecule has 0 saturated heterocycles. The maximum atomic E-state index is 9.09. The van der Waals surface area contributed by atoms with Gasteiger partial charge in [-0.15, -0.1) is 0 Å². The van der Waals surface area contributed by atoms with Crippen LogP contribution in [0.15, 0.2) is 23.1 Å². The maximum Gasteiger partial charge on any atom is 0.153 e. The van der Waals surface area contributed by atoms with Crippen LogP contribution in [0.5, 0.6) is 5.75 Å². The Labute approximate surface area is 94.6 Å². The number of aliphatic hydroxyl groups excluding tert-OH is 1. The van der Waals surface area contributed by atoms with Crippen LogP contribution >= 0.6 is 11.8 Å². The van der Waals surface area contributed by atoms with Crippen LogP contribution in [0.2, 0.25) is 0 Å². The Morgan fingerprint density at radius 3 is 2.87 bits per heavy atom. The second-order valence-corrected chi connectivity index (χ2v) is 6.02. The quantitative estimate of drug-likeness (QED) is 0.837. The summed E-state index contributed by atoms with van der Waals surface area (Å²) in [6.45, 7) is 6.31. The summed E-state index contributed by atoms with van der Waals surface area (Å²) in [4.78, 5) is 1.03. The summed E-state index contributed by atoms with van der Waals surface area (Å²) in [6, 6.07) is 6.19. The zero-order chi connectivity index (χ0) is 11.1. The highest BCUT2D eigenvalue weighted by atomic mass is 32.2. The highest BCUT2D eigenvalue weighted by molar-refractivity contribution is 8.00. The lowest BCUT2D eigenvalue weighted by Gasteiger charge is -2.15. The standard InChI is InChI=1S/C12H16O2S/c1-8(7-13)9-4-5-11-10(6-9)14-12(2,3)15-11/h4-6,8,13H,7H2,1-3H3. The van der Waals surface area contributed by atoms with Gasteiger partial charge in [-0.05, 0) is 31.5 Å². The SMILES string of the molecule is CC(CO)c1ccc2c(c1)OC(C)(C)S2. The largest absolute Gasteiger partial charge is 0.476 e. The third kappa shape index (κ3) is 2.13. The van der Waals surface area contributed by atoms with E-state index in [0.29, 0.717) is 0 Å². The first-order valence-electron chi connectivity index (χ1n) is 5.15. The Morgan fingerprint density at radius 1 is 1.47 bits per heavy atom. The topological polar surface area (TPSA) is 29.5 Å². The van der Waals surface area contributed by atoms with Crippen LogP contribution in [0.1, 0.15) is 32.3 Å². The lowest BCUT2D eigenvalue weighted by Crippen LogP contribution is -2.18. The Morgan fingerprint density at radius 2 is 2.20 bits per heavy atom. The number of benzene rings is 1. The second-order valence-electron chi connectivity index (χ2n) is 4.39. The van der Waals surface area contributed by atoms with Crippen molar-refractivity contribution in [3.8, 4) is 5.75 Å². The van der Waals surface area contributed by atoms with E-state index in [-0.39, 0.29) is 17.5 Å². The van der Waals surface area contributed by atoms with E-state index in [4.69, 9.17) is 9.84 Å². The van der Waals surface area contributed by atoms with E-state index in [1.54, 1.807) is 11.8 Å². The van der Waals surface area contributed by atoms with Crippen molar-refractivity contribution in [2.24, 2.45) is 0 Å². The molecule has 2 rings (SSSR count). The van der Waals surface area contributed by atoms with E-state index in [1.165, 1.54) is 4.90 Å². The van der Waals surface area contributed by atoms with Gasteiger partial charge in [0, 0.05) is 12.5 Å². The van der Waals surface area contributed by atoms with Gasteiger partial charge in [-0.2, -0.15) is 0 Å². The minimum Gasteiger partial charge on any atom is -0.476 e. The van der Waals surface area contributed by atoms with Crippen molar-refractivity contribution in [2.45, 2.75) is 36.5 Å². The van der Waals surface area contributed by atoms with Crippen molar-refractivity contribution in [3.63, 3.8) is 0 Å². The van der Waals surface area contributed by atoms with Gasteiger partial charge in [0.1, 0.15) is 5.75 Å². The maximum absolute atomic E-state index is 9.09. The fourth-order valence-electron chi connectivity index (χ4n) is 1.65. The van der Waals surface area contributed by atoms with Crippen molar-refractivity contribution < 1.29 is 9.84 Å². The summed E-state index contributed by atoms with van der Waals surface area (Å²) in [5.74, 6) is 1.12. The molecule has 1 heterocycles. The first-order valence-corrected chi connectivity index (χ1v) is 5.96. The molecule has 0 fully saturated rings. The highest BCUT2D eigenvalue weighted by Crippen LogP contribution is 2.47. The summed E-state index contributed by atoms with van der Waals surface area (Å²) >= 11 is 1.74. The molecule has 15 heavy (non-hydrogen) atoms. The van der Waals surface area contributed by atoms with Gasteiger partial charge in [0.2, 0.25) is 0 Å². The fraction of sp³-hybridized carbons (Fsp3) is 0.500. The number of thioether (sulfide) groups is 1. The van der Waals surface area contributed by atoms with Crippen molar-refractivity contribution >= 4 is 11.8 Å². The minimum absolute atomic E-state index is 0.163. The van der Waals surface area contributed by atoms with Crippen molar-refractivity contribution in [1.29, 1.82) is 0 Å². The number of aliphatic hydroxyl groups is 1. The van der Waals surface area contributed by atoms with Crippen LogP contribution in [0, 0.1) is 0 Å². The van der Waals surface area contributed by atoms with E-state index in [9.17, 15) is 0 Å². The molecule has 0 saturated carbocycles. The van der Waals surface area contributed by atoms with E-state index >= 15 is 0 Å². The number of rotatable bonds is 2. The van der Waals surface area contributed by atoms with E-state index in [0.717, 1.165) is 11.3 Å². The molecule has 1 aromatic carbocycles. The first kappa shape index (κ1) is 10.8. The zero-order valence-electron chi connectivity index (χ0n) is 9.28. The average Bonchev–Trinajstić information content (AvgIpc) is 2.49. The van der Waals surface area contributed by atoms with Crippen molar-refractivity contribution in [1.82, 2.24) is 0 Å². The Bertz CT molecular complexity index is 374. The summed E-state index contributed by atoms with van der Waals surface area (Å²) in [5, 5.41) is 9.09. The molecule has 1 aromatic rings. The molecule has 2 nitrogen and oxygen atoms in total. The van der Waals surface area contributed by atoms with Crippen LogP contribution < -0.4 is 4.74 Å². The summed E-state index contributed by atoms with van der Waals surface area (Å²) < 4.78 is 5.81. The summed E-state index contributed by atoms with van der Waals surface area (Å²) in [7, 11) is 0. The molecular weight excluding hydrogens is 208 g/mol. The normalized spacial score (nSPS) is 19.5. The number of fused-ring (bicyclic) bond motifs is 1. The smallest absolute Gasteiger partial charge is 0.153 e. The lowest BCUT2D eigenvalue weighted by molar-refractivity contribution is 0.214. The van der Waals surface area contributed by atoms with Crippen LogP contribution in [-0.2, 0) is 0 Å². The fourth-order valence-corrected chi connectivity index (χ4v) is 2.65.